The van der Waals surface area contributed by atoms with Crippen molar-refractivity contribution in [3.63, 3.8) is 0 Å². The van der Waals surface area contributed by atoms with Gasteiger partial charge >= 0.3 is 5.97 Å². The summed E-state index contributed by atoms with van der Waals surface area (Å²) >= 11 is 11.6. The summed E-state index contributed by atoms with van der Waals surface area (Å²) in [6.07, 6.45) is 2.69. The van der Waals surface area contributed by atoms with E-state index in [2.05, 4.69) is 25.5 Å². The van der Waals surface area contributed by atoms with Crippen LogP contribution in [0.15, 0.2) is 12.4 Å². The van der Waals surface area contributed by atoms with Crippen LogP contribution in [0.4, 0.5) is 11.6 Å². The van der Waals surface area contributed by atoms with Crippen LogP contribution in [0.3, 0.4) is 0 Å². The molecule has 0 unspecified atom stereocenters. The second kappa shape index (κ2) is 5.85. The Morgan fingerprint density at radius 3 is 3.00 bits per heavy atom. The van der Waals surface area contributed by atoms with Crippen molar-refractivity contribution in [2.75, 3.05) is 11.9 Å². The van der Waals surface area contributed by atoms with Crippen molar-refractivity contribution in [2.45, 2.75) is 6.92 Å². The molecule has 0 bridgehead atoms. The molecule has 7 nitrogen and oxygen atoms in total. The summed E-state index contributed by atoms with van der Waals surface area (Å²) in [4.78, 5) is 19.3. The van der Waals surface area contributed by atoms with Crippen LogP contribution in [0.1, 0.15) is 17.3 Å². The Morgan fingerprint density at radius 1 is 1.47 bits per heavy atom. The lowest BCUT2D eigenvalue weighted by Gasteiger charge is -2.07. The van der Waals surface area contributed by atoms with E-state index in [9.17, 15) is 4.79 Å². The van der Waals surface area contributed by atoms with E-state index in [-0.39, 0.29) is 28.3 Å². The van der Waals surface area contributed by atoms with Crippen LogP contribution in [0.25, 0.3) is 0 Å². The van der Waals surface area contributed by atoms with Gasteiger partial charge in [0, 0.05) is 0 Å². The van der Waals surface area contributed by atoms with Gasteiger partial charge in [0.15, 0.2) is 5.82 Å². The van der Waals surface area contributed by atoms with Gasteiger partial charge in [-0.1, -0.05) is 11.6 Å². The smallest absolute Gasteiger partial charge is 0.343 e. The number of aromatic amines is 1. The molecular formula is C10H9Cl2N5O2. The maximum atomic E-state index is 11.7. The first-order valence-corrected chi connectivity index (χ1v) is 6.03. The van der Waals surface area contributed by atoms with E-state index in [1.165, 1.54) is 12.4 Å². The minimum atomic E-state index is -0.505. The Morgan fingerprint density at radius 2 is 2.26 bits per heavy atom. The Kier molecular flexibility index (Phi) is 4.18. The van der Waals surface area contributed by atoms with Gasteiger partial charge in [0.05, 0.1) is 19.0 Å². The molecule has 2 heterocycles. The molecule has 0 aliphatic heterocycles. The lowest BCUT2D eigenvalue weighted by atomic mass is 10.3. The molecule has 0 saturated heterocycles. The van der Waals surface area contributed by atoms with E-state index in [1.54, 1.807) is 6.92 Å². The fourth-order valence-corrected chi connectivity index (χ4v) is 1.57. The molecule has 2 aromatic rings. The number of hydrogen-bond donors (Lipinski definition) is 2. The number of halogens is 2. The highest BCUT2D eigenvalue weighted by atomic mass is 35.5. The second-order valence-electron chi connectivity index (χ2n) is 3.34. The molecule has 9 heteroatoms. The molecule has 0 amide bonds. The summed E-state index contributed by atoms with van der Waals surface area (Å²) in [5.41, 5.74) is 0.243. The lowest BCUT2D eigenvalue weighted by Crippen LogP contribution is -2.07. The fourth-order valence-electron chi connectivity index (χ4n) is 1.30. The minimum Gasteiger partial charge on any atom is -0.462 e. The molecule has 0 saturated carbocycles. The molecule has 0 atom stereocenters. The third-order valence-electron chi connectivity index (χ3n) is 2.09. The number of nitrogens with one attached hydrogen (secondary N) is 2. The molecule has 19 heavy (non-hydrogen) atoms. The number of aromatic nitrogens is 4. The standard InChI is InChI=1S/C10H9Cl2N5O2/c1-2-19-9(18)5-3-14-17-7(5)15-8-6(11)4-13-10(12)16-8/h3-4H,2H2,1H3,(H2,13,14,15,16,17). The highest BCUT2D eigenvalue weighted by Gasteiger charge is 2.16. The molecule has 0 radical (unpaired) electrons. The van der Waals surface area contributed by atoms with Crippen molar-refractivity contribution >= 4 is 40.8 Å². The Bertz CT molecular complexity index is 601. The summed E-state index contributed by atoms with van der Waals surface area (Å²) in [6, 6.07) is 0. The van der Waals surface area contributed by atoms with E-state index in [1.807, 2.05) is 0 Å². The van der Waals surface area contributed by atoms with Crippen molar-refractivity contribution in [1.29, 1.82) is 0 Å². The number of hydrogen-bond acceptors (Lipinski definition) is 6. The van der Waals surface area contributed by atoms with Crippen LogP contribution < -0.4 is 5.32 Å². The zero-order valence-corrected chi connectivity index (χ0v) is 11.3. The van der Waals surface area contributed by atoms with Crippen molar-refractivity contribution in [1.82, 2.24) is 20.2 Å². The first-order valence-electron chi connectivity index (χ1n) is 5.27. The number of esters is 1. The van der Waals surface area contributed by atoms with Gasteiger partial charge < -0.3 is 10.1 Å². The number of anilines is 2. The number of nitrogens with zero attached hydrogens (tertiary/aromatic N) is 3. The molecule has 0 aliphatic rings. The van der Waals surface area contributed by atoms with E-state index >= 15 is 0 Å². The van der Waals surface area contributed by atoms with Gasteiger partial charge in [-0.25, -0.2) is 9.78 Å². The van der Waals surface area contributed by atoms with Crippen molar-refractivity contribution in [2.24, 2.45) is 0 Å². The zero-order chi connectivity index (χ0) is 13.8. The number of ether oxygens (including phenoxy) is 1. The SMILES string of the molecule is CCOC(=O)c1cn[nH]c1Nc1nc(Cl)ncc1Cl. The van der Waals surface area contributed by atoms with Gasteiger partial charge in [-0.05, 0) is 18.5 Å². The normalized spacial score (nSPS) is 10.3. The molecule has 0 aliphatic carbocycles. The quantitative estimate of drug-likeness (QED) is 0.665. The van der Waals surface area contributed by atoms with E-state index in [0.717, 1.165) is 0 Å². The number of carbonyl (C=O) groups is 1. The molecule has 2 N–H and O–H groups in total. The van der Waals surface area contributed by atoms with Gasteiger partial charge in [-0.3, -0.25) is 5.10 Å². The van der Waals surface area contributed by atoms with Crippen LogP contribution in [0.2, 0.25) is 10.3 Å². The van der Waals surface area contributed by atoms with Crippen LogP contribution in [-0.2, 0) is 4.74 Å². The van der Waals surface area contributed by atoms with Crippen molar-refractivity contribution in [3.05, 3.63) is 28.3 Å². The largest absolute Gasteiger partial charge is 0.462 e. The van der Waals surface area contributed by atoms with Crippen LogP contribution >= 0.6 is 23.2 Å². The summed E-state index contributed by atoms with van der Waals surface area (Å²) in [5, 5.41) is 9.49. The maximum Gasteiger partial charge on any atom is 0.343 e. The second-order valence-corrected chi connectivity index (χ2v) is 4.08. The highest BCUT2D eigenvalue weighted by Crippen LogP contribution is 2.24. The zero-order valence-electron chi connectivity index (χ0n) is 9.78. The molecule has 0 spiro atoms. The monoisotopic (exact) mass is 301 g/mol. The molecule has 0 aromatic carbocycles. The summed E-state index contributed by atoms with van der Waals surface area (Å²) < 4.78 is 4.89. The minimum absolute atomic E-state index is 0.0316. The van der Waals surface area contributed by atoms with Gasteiger partial charge in [-0.2, -0.15) is 10.1 Å². The summed E-state index contributed by atoms with van der Waals surface area (Å²) in [5.74, 6) is 0.0709. The number of rotatable bonds is 4. The Balaban J connectivity index is 2.26. The van der Waals surface area contributed by atoms with E-state index in [4.69, 9.17) is 27.9 Å². The average molecular weight is 302 g/mol. The third kappa shape index (κ3) is 3.12. The first kappa shape index (κ1) is 13.6. The van der Waals surface area contributed by atoms with E-state index in [0.29, 0.717) is 5.82 Å². The molecule has 0 fully saturated rings. The Hall–Kier alpha value is -1.86. The van der Waals surface area contributed by atoms with Gasteiger partial charge in [0.1, 0.15) is 16.4 Å². The van der Waals surface area contributed by atoms with Crippen LogP contribution in [-0.4, -0.2) is 32.7 Å². The Labute approximate surface area is 118 Å². The number of H-pyrrole nitrogens is 1. The van der Waals surface area contributed by atoms with Crippen molar-refractivity contribution in [3.8, 4) is 0 Å². The van der Waals surface area contributed by atoms with Crippen molar-refractivity contribution < 1.29 is 9.53 Å². The highest BCUT2D eigenvalue weighted by molar-refractivity contribution is 6.33. The molecule has 100 valence electrons. The van der Waals surface area contributed by atoms with Gasteiger partial charge in [0.2, 0.25) is 5.28 Å². The third-order valence-corrected chi connectivity index (χ3v) is 2.55. The molecule has 2 rings (SSSR count). The van der Waals surface area contributed by atoms with E-state index < -0.39 is 5.97 Å². The van der Waals surface area contributed by atoms with Gasteiger partial charge in [0.25, 0.3) is 0 Å². The lowest BCUT2D eigenvalue weighted by molar-refractivity contribution is 0.0527. The predicted molar refractivity (Wildman–Crippen MR) is 69.9 cm³/mol. The fraction of sp³-hybridized carbons (Fsp3) is 0.200. The summed E-state index contributed by atoms with van der Waals surface area (Å²) in [7, 11) is 0. The molecule has 2 aromatic heterocycles. The molecular weight excluding hydrogens is 293 g/mol. The topological polar surface area (TPSA) is 92.8 Å². The average Bonchev–Trinajstić information content (AvgIpc) is 2.82. The first-order chi connectivity index (χ1) is 9.11. The summed E-state index contributed by atoms with van der Waals surface area (Å²) in [6.45, 7) is 1.98. The van der Waals surface area contributed by atoms with Gasteiger partial charge in [-0.15, -0.1) is 0 Å². The van der Waals surface area contributed by atoms with Crippen LogP contribution in [0, 0.1) is 0 Å². The number of carbonyl (C=O) groups excluding carboxylic acids is 1. The van der Waals surface area contributed by atoms with Crippen LogP contribution in [0.5, 0.6) is 0 Å². The maximum absolute atomic E-state index is 11.7. The predicted octanol–water partition coefficient (Wildman–Crippen LogP) is 2.43.